The van der Waals surface area contributed by atoms with Gasteiger partial charge in [-0.3, -0.25) is 0 Å². The first-order chi connectivity index (χ1) is 13.3. The van der Waals surface area contributed by atoms with E-state index < -0.39 is 0 Å². The second kappa shape index (κ2) is 6.36. The molecule has 0 atom stereocenters. The van der Waals surface area contributed by atoms with E-state index in [0.29, 0.717) is 18.2 Å². The highest BCUT2D eigenvalue weighted by Gasteiger charge is 2.15. The lowest BCUT2D eigenvalue weighted by Gasteiger charge is -1.97. The molecule has 0 radical (unpaired) electrons. The van der Waals surface area contributed by atoms with Gasteiger partial charge in [0.1, 0.15) is 11.6 Å². The van der Waals surface area contributed by atoms with Gasteiger partial charge in [-0.15, -0.1) is 20.4 Å². The Morgan fingerprint density at radius 2 is 1.67 bits per heavy atom. The minimum atomic E-state index is 0.345. The third-order valence-electron chi connectivity index (χ3n) is 4.12. The Balaban J connectivity index is 1.44. The molecule has 0 amide bonds. The first-order valence-corrected chi connectivity index (χ1v) is 9.19. The zero-order valence-corrected chi connectivity index (χ0v) is 15.2. The van der Waals surface area contributed by atoms with E-state index in [-0.39, 0.29) is 0 Å². The quantitative estimate of drug-likeness (QED) is 0.481. The lowest BCUT2D eigenvalue weighted by atomic mass is 10.2. The minimum Gasteiger partial charge on any atom is -0.185 e. The Kier molecular flexibility index (Phi) is 3.72. The highest BCUT2D eigenvalue weighted by atomic mass is 32.1. The van der Waals surface area contributed by atoms with Crippen molar-refractivity contribution in [1.29, 1.82) is 0 Å². The van der Waals surface area contributed by atoms with Crippen molar-refractivity contribution >= 4 is 16.3 Å². The number of nitrogens with zero attached hydrogens (tertiary/aromatic N) is 8. The van der Waals surface area contributed by atoms with Gasteiger partial charge in [0.15, 0.2) is 5.82 Å². The normalized spacial score (nSPS) is 11.3. The number of rotatable bonds is 4. The summed E-state index contributed by atoms with van der Waals surface area (Å²) in [6.07, 6.45) is 0. The summed E-state index contributed by atoms with van der Waals surface area (Å²) in [4.78, 5) is 2.24. The molecule has 0 saturated carbocycles. The van der Waals surface area contributed by atoms with Gasteiger partial charge in [-0.05, 0) is 12.1 Å². The van der Waals surface area contributed by atoms with Gasteiger partial charge in [0.2, 0.25) is 10.8 Å². The largest absolute Gasteiger partial charge is 0.235 e. The minimum absolute atomic E-state index is 0.345. The van der Waals surface area contributed by atoms with Crippen LogP contribution in [-0.2, 0) is 6.54 Å². The van der Waals surface area contributed by atoms with E-state index in [1.54, 1.807) is 4.52 Å². The van der Waals surface area contributed by atoms with Gasteiger partial charge in [0.05, 0.1) is 0 Å². The first kappa shape index (κ1) is 15.8. The molecule has 0 aliphatic rings. The van der Waals surface area contributed by atoms with Crippen LogP contribution in [-0.4, -0.2) is 40.0 Å². The first-order valence-electron chi connectivity index (χ1n) is 8.38. The van der Waals surface area contributed by atoms with Crippen LogP contribution in [0.2, 0.25) is 0 Å². The summed E-state index contributed by atoms with van der Waals surface area (Å²) in [7, 11) is 0. The maximum absolute atomic E-state index is 4.65. The molecular formula is C18H14N8S. The van der Waals surface area contributed by atoms with E-state index in [9.17, 15) is 0 Å². The van der Waals surface area contributed by atoms with Crippen molar-refractivity contribution in [3.05, 3.63) is 66.0 Å². The Morgan fingerprint density at radius 1 is 0.852 bits per heavy atom. The molecule has 3 heterocycles. The summed E-state index contributed by atoms with van der Waals surface area (Å²) in [6.45, 7) is 2.41. The molecule has 132 valence electrons. The summed E-state index contributed by atoms with van der Waals surface area (Å²) >= 11 is 1.50. The zero-order valence-electron chi connectivity index (χ0n) is 14.4. The lowest BCUT2D eigenvalue weighted by molar-refractivity contribution is 0.546. The van der Waals surface area contributed by atoms with Crippen molar-refractivity contribution in [2.75, 3.05) is 0 Å². The van der Waals surface area contributed by atoms with Gasteiger partial charge in [-0.25, -0.2) is 0 Å². The van der Waals surface area contributed by atoms with Crippen molar-refractivity contribution in [2.24, 2.45) is 0 Å². The number of benzene rings is 2. The molecule has 0 saturated heterocycles. The number of aromatic nitrogens is 8. The van der Waals surface area contributed by atoms with Crippen LogP contribution in [0.3, 0.4) is 0 Å². The van der Waals surface area contributed by atoms with E-state index in [2.05, 4.69) is 61.9 Å². The number of aryl methyl sites for hydroxylation is 1. The molecule has 0 N–H and O–H groups in total. The fourth-order valence-corrected chi connectivity index (χ4v) is 3.57. The van der Waals surface area contributed by atoms with Crippen molar-refractivity contribution in [3.63, 3.8) is 0 Å². The second-order valence-corrected chi connectivity index (χ2v) is 7.05. The van der Waals surface area contributed by atoms with Gasteiger partial charge >= 0.3 is 0 Å². The number of hydrogen-bond acceptors (Lipinski definition) is 7. The Morgan fingerprint density at radius 3 is 2.48 bits per heavy atom. The Bertz CT molecular complexity index is 1200. The fourth-order valence-electron chi connectivity index (χ4n) is 2.71. The van der Waals surface area contributed by atoms with E-state index in [1.807, 2.05) is 30.3 Å². The van der Waals surface area contributed by atoms with Gasteiger partial charge in [-0.1, -0.05) is 71.5 Å². The van der Waals surface area contributed by atoms with Crippen LogP contribution < -0.4 is 0 Å². The maximum Gasteiger partial charge on any atom is 0.235 e. The molecule has 0 aliphatic carbocycles. The van der Waals surface area contributed by atoms with E-state index in [4.69, 9.17) is 0 Å². The van der Waals surface area contributed by atoms with Crippen LogP contribution in [0.5, 0.6) is 0 Å². The molecule has 0 aliphatic heterocycles. The predicted molar refractivity (Wildman–Crippen MR) is 101 cm³/mol. The molecule has 27 heavy (non-hydrogen) atoms. The van der Waals surface area contributed by atoms with Crippen LogP contribution in [0.4, 0.5) is 0 Å². The third kappa shape index (κ3) is 2.97. The lowest BCUT2D eigenvalue weighted by Crippen LogP contribution is -2.08. The van der Waals surface area contributed by atoms with Crippen LogP contribution >= 0.6 is 11.3 Å². The molecule has 2 aromatic carbocycles. The van der Waals surface area contributed by atoms with E-state index in [1.165, 1.54) is 21.7 Å². The monoisotopic (exact) mass is 374 g/mol. The van der Waals surface area contributed by atoms with Gasteiger partial charge in [0, 0.05) is 11.1 Å². The van der Waals surface area contributed by atoms with Crippen LogP contribution in [0.1, 0.15) is 11.4 Å². The Hall–Kier alpha value is -3.46. The van der Waals surface area contributed by atoms with Crippen molar-refractivity contribution in [3.8, 4) is 22.0 Å². The van der Waals surface area contributed by atoms with Gasteiger partial charge in [0.25, 0.3) is 0 Å². The molecule has 3 aromatic heterocycles. The standard InChI is InChI=1S/C18H14N8S/c1-12-7-9-14(10-8-12)17-23-26-15(19-21-18(26)27-17)11-25-22-16(20-24-25)13-5-3-2-4-6-13/h2-10H,11H2,1H3. The van der Waals surface area contributed by atoms with Crippen LogP contribution in [0.15, 0.2) is 54.6 Å². The van der Waals surface area contributed by atoms with Crippen molar-refractivity contribution < 1.29 is 0 Å². The summed E-state index contributed by atoms with van der Waals surface area (Å²) in [5, 5.41) is 26.7. The highest BCUT2D eigenvalue weighted by Crippen LogP contribution is 2.25. The molecular weight excluding hydrogens is 360 g/mol. The fraction of sp³-hybridized carbons (Fsp3) is 0.111. The molecule has 0 fully saturated rings. The molecule has 5 rings (SSSR count). The van der Waals surface area contributed by atoms with Crippen LogP contribution in [0.25, 0.3) is 26.9 Å². The average Bonchev–Trinajstić information content (AvgIpc) is 3.41. The molecule has 9 heteroatoms. The summed E-state index contributed by atoms with van der Waals surface area (Å²) < 4.78 is 1.74. The number of tetrazole rings is 1. The molecule has 5 aromatic rings. The molecule has 0 spiro atoms. The SMILES string of the molecule is Cc1ccc(-c2nn3c(Cn4nnc(-c5ccccc5)n4)nnc3s2)cc1. The van der Waals surface area contributed by atoms with Crippen molar-refractivity contribution in [2.45, 2.75) is 13.5 Å². The maximum atomic E-state index is 4.65. The van der Waals surface area contributed by atoms with E-state index in [0.717, 1.165) is 21.1 Å². The van der Waals surface area contributed by atoms with Gasteiger partial charge in [-0.2, -0.15) is 14.4 Å². The molecule has 0 bridgehead atoms. The molecule has 8 nitrogen and oxygen atoms in total. The second-order valence-electron chi connectivity index (χ2n) is 6.09. The summed E-state index contributed by atoms with van der Waals surface area (Å²) in [5.74, 6) is 1.24. The Labute approximate surface area is 158 Å². The zero-order chi connectivity index (χ0) is 18.2. The number of hydrogen-bond donors (Lipinski definition) is 0. The number of fused-ring (bicyclic) bond motifs is 1. The summed E-state index contributed by atoms with van der Waals surface area (Å²) in [5.41, 5.74) is 3.20. The average molecular weight is 374 g/mol. The molecule has 0 unspecified atom stereocenters. The van der Waals surface area contributed by atoms with E-state index >= 15 is 0 Å². The predicted octanol–water partition coefficient (Wildman–Crippen LogP) is 2.86. The smallest absolute Gasteiger partial charge is 0.185 e. The topological polar surface area (TPSA) is 86.7 Å². The highest BCUT2D eigenvalue weighted by molar-refractivity contribution is 7.19. The third-order valence-corrected chi connectivity index (χ3v) is 5.07. The summed E-state index contributed by atoms with van der Waals surface area (Å²) in [6, 6.07) is 18.0. The van der Waals surface area contributed by atoms with Crippen LogP contribution in [0, 0.1) is 6.92 Å². The van der Waals surface area contributed by atoms with Crippen molar-refractivity contribution in [1.82, 2.24) is 40.0 Å². The van der Waals surface area contributed by atoms with Gasteiger partial charge < -0.3 is 0 Å².